The minimum Gasteiger partial charge on any atom is -0.467 e. The minimum atomic E-state index is -3.59. The Morgan fingerprint density at radius 1 is 1.22 bits per heavy atom. The molecule has 4 rings (SSSR count). The van der Waals surface area contributed by atoms with Gasteiger partial charge >= 0.3 is 0 Å². The minimum absolute atomic E-state index is 0.0398. The molecule has 3 heterocycles. The van der Waals surface area contributed by atoms with Crippen LogP contribution in [0, 0.1) is 20.8 Å². The summed E-state index contributed by atoms with van der Waals surface area (Å²) in [7, 11) is -3.59. The fourth-order valence-corrected chi connectivity index (χ4v) is 6.14. The quantitative estimate of drug-likeness (QED) is 0.659. The van der Waals surface area contributed by atoms with Crippen LogP contribution in [-0.2, 0) is 10.0 Å². The molecule has 1 aromatic carbocycles. The maximum Gasteiger partial charge on any atom is 0.274 e. The molecule has 27 heavy (non-hydrogen) atoms. The van der Waals surface area contributed by atoms with Crippen molar-refractivity contribution in [1.82, 2.24) is 14.4 Å². The molecule has 7 nitrogen and oxygen atoms in total. The number of thiazole rings is 1. The molecule has 0 bridgehead atoms. The molecule has 0 saturated carbocycles. The molecule has 1 fully saturated rings. The molecule has 0 spiro atoms. The van der Waals surface area contributed by atoms with E-state index in [4.69, 9.17) is 9.26 Å². The second-order valence-corrected chi connectivity index (χ2v) is 9.64. The second kappa shape index (κ2) is 6.88. The van der Waals surface area contributed by atoms with E-state index in [9.17, 15) is 8.42 Å². The first-order chi connectivity index (χ1) is 12.9. The average Bonchev–Trinajstić information content (AvgIpc) is 3.19. The lowest BCUT2D eigenvalue weighted by molar-refractivity contribution is 0.135. The largest absolute Gasteiger partial charge is 0.467 e. The molecule has 0 N–H and O–H groups in total. The highest BCUT2D eigenvalue weighted by Gasteiger charge is 2.34. The number of rotatable bonds is 4. The third kappa shape index (κ3) is 3.35. The zero-order valence-corrected chi connectivity index (χ0v) is 17.1. The van der Waals surface area contributed by atoms with E-state index in [0.29, 0.717) is 42.6 Å². The number of ether oxygens (including phenoxy) is 1. The van der Waals surface area contributed by atoms with Crippen LogP contribution in [0.25, 0.3) is 10.2 Å². The van der Waals surface area contributed by atoms with Crippen molar-refractivity contribution >= 4 is 31.6 Å². The first-order valence-electron chi connectivity index (χ1n) is 8.82. The van der Waals surface area contributed by atoms with E-state index >= 15 is 0 Å². The molecular formula is C18H21N3O4S2. The molecule has 2 aromatic heterocycles. The lowest BCUT2D eigenvalue weighted by Gasteiger charge is -2.30. The van der Waals surface area contributed by atoms with Gasteiger partial charge in [0.1, 0.15) is 16.7 Å². The molecule has 0 unspecified atom stereocenters. The van der Waals surface area contributed by atoms with E-state index in [1.807, 2.05) is 25.1 Å². The molecule has 0 atom stereocenters. The van der Waals surface area contributed by atoms with Crippen molar-refractivity contribution in [3.05, 3.63) is 35.2 Å². The zero-order valence-electron chi connectivity index (χ0n) is 15.4. The molecule has 0 aliphatic carbocycles. The topological polar surface area (TPSA) is 85.5 Å². The smallest absolute Gasteiger partial charge is 0.274 e. The Kier molecular flexibility index (Phi) is 4.69. The monoisotopic (exact) mass is 407 g/mol. The summed E-state index contributed by atoms with van der Waals surface area (Å²) in [5.41, 5.74) is 2.49. The van der Waals surface area contributed by atoms with Gasteiger partial charge in [-0.2, -0.15) is 4.31 Å². The van der Waals surface area contributed by atoms with Crippen LogP contribution in [0.1, 0.15) is 29.9 Å². The highest BCUT2D eigenvalue weighted by atomic mass is 32.2. The van der Waals surface area contributed by atoms with Gasteiger partial charge in [-0.15, -0.1) is 0 Å². The summed E-state index contributed by atoms with van der Waals surface area (Å²) in [4.78, 5) is 4.77. The number of aromatic nitrogens is 2. The lowest BCUT2D eigenvalue weighted by atomic mass is 10.1. The molecule has 1 aliphatic rings. The van der Waals surface area contributed by atoms with Crippen molar-refractivity contribution in [2.24, 2.45) is 0 Å². The van der Waals surface area contributed by atoms with Crippen LogP contribution < -0.4 is 4.74 Å². The highest BCUT2D eigenvalue weighted by molar-refractivity contribution is 7.89. The standard InChI is InChI=1S/C18H21N3O4S2/c1-11-5-4-6-15-16(11)19-18(26-15)24-14-7-9-21(10-8-14)27(22,23)17-12(2)20-25-13(17)3/h4-6,14H,7-10H2,1-3H3. The molecule has 1 aliphatic heterocycles. The van der Waals surface area contributed by atoms with Gasteiger partial charge in [0.25, 0.3) is 5.19 Å². The van der Waals surface area contributed by atoms with Crippen LogP contribution >= 0.6 is 11.3 Å². The Morgan fingerprint density at radius 3 is 2.59 bits per heavy atom. The third-order valence-corrected chi connectivity index (χ3v) is 7.89. The molecule has 9 heteroatoms. The van der Waals surface area contributed by atoms with Crippen molar-refractivity contribution < 1.29 is 17.7 Å². The van der Waals surface area contributed by atoms with E-state index in [1.54, 1.807) is 13.8 Å². The van der Waals surface area contributed by atoms with Crippen LogP contribution in [0.2, 0.25) is 0 Å². The number of aryl methyl sites for hydroxylation is 3. The summed E-state index contributed by atoms with van der Waals surface area (Å²) in [6.07, 6.45) is 1.21. The lowest BCUT2D eigenvalue weighted by Crippen LogP contribution is -2.42. The number of piperidine rings is 1. The van der Waals surface area contributed by atoms with Gasteiger partial charge in [0.2, 0.25) is 10.0 Å². The Labute approximate surface area is 162 Å². The zero-order chi connectivity index (χ0) is 19.2. The Hall–Kier alpha value is -1.97. The Morgan fingerprint density at radius 2 is 1.96 bits per heavy atom. The summed E-state index contributed by atoms with van der Waals surface area (Å²) in [5.74, 6) is 0.329. The van der Waals surface area contributed by atoms with Gasteiger partial charge in [0.05, 0.1) is 10.2 Å². The molecule has 144 valence electrons. The van der Waals surface area contributed by atoms with Crippen LogP contribution in [0.15, 0.2) is 27.6 Å². The third-order valence-electron chi connectivity index (χ3n) is 4.84. The fourth-order valence-electron chi connectivity index (χ4n) is 3.42. The summed E-state index contributed by atoms with van der Waals surface area (Å²) >= 11 is 1.53. The number of sulfonamides is 1. The fraction of sp³-hybridized carbons (Fsp3) is 0.444. The normalized spacial score (nSPS) is 16.9. The van der Waals surface area contributed by atoms with E-state index in [0.717, 1.165) is 15.8 Å². The van der Waals surface area contributed by atoms with Crippen LogP contribution in [0.3, 0.4) is 0 Å². The van der Waals surface area contributed by atoms with Crippen LogP contribution in [0.5, 0.6) is 5.19 Å². The van der Waals surface area contributed by atoms with E-state index in [2.05, 4.69) is 10.1 Å². The van der Waals surface area contributed by atoms with Gasteiger partial charge in [0.15, 0.2) is 5.76 Å². The van der Waals surface area contributed by atoms with E-state index < -0.39 is 10.0 Å². The number of benzene rings is 1. The van der Waals surface area contributed by atoms with Crippen molar-refractivity contribution in [2.45, 2.75) is 44.6 Å². The van der Waals surface area contributed by atoms with Crippen molar-refractivity contribution in [1.29, 1.82) is 0 Å². The van der Waals surface area contributed by atoms with E-state index in [1.165, 1.54) is 15.6 Å². The average molecular weight is 408 g/mol. The number of hydrogen-bond donors (Lipinski definition) is 0. The SMILES string of the molecule is Cc1noc(C)c1S(=O)(=O)N1CCC(Oc2nc3c(C)cccc3s2)CC1. The molecule has 0 radical (unpaired) electrons. The summed E-state index contributed by atoms with van der Waals surface area (Å²) in [5, 5.41) is 4.41. The summed E-state index contributed by atoms with van der Waals surface area (Å²) < 4.78 is 39.4. The molecule has 1 saturated heterocycles. The number of fused-ring (bicyclic) bond motifs is 1. The van der Waals surface area contributed by atoms with Crippen LogP contribution in [0.4, 0.5) is 0 Å². The first kappa shape index (κ1) is 18.4. The second-order valence-electron chi connectivity index (χ2n) is 6.78. The Bertz CT molecular complexity index is 1060. The maximum atomic E-state index is 12.9. The number of para-hydroxylation sites is 1. The maximum absolute atomic E-state index is 12.9. The van der Waals surface area contributed by atoms with Gasteiger partial charge < -0.3 is 9.26 Å². The van der Waals surface area contributed by atoms with Gasteiger partial charge in [-0.1, -0.05) is 28.6 Å². The predicted octanol–water partition coefficient (Wildman–Crippen LogP) is 3.44. The van der Waals surface area contributed by atoms with Crippen LogP contribution in [-0.4, -0.2) is 42.1 Å². The van der Waals surface area contributed by atoms with Crippen molar-refractivity contribution in [2.75, 3.05) is 13.1 Å². The molecular weight excluding hydrogens is 386 g/mol. The van der Waals surface area contributed by atoms with Crippen molar-refractivity contribution in [3.8, 4) is 5.19 Å². The summed E-state index contributed by atoms with van der Waals surface area (Å²) in [6.45, 7) is 6.11. The van der Waals surface area contributed by atoms with Gasteiger partial charge in [0, 0.05) is 13.1 Å². The van der Waals surface area contributed by atoms with E-state index in [-0.39, 0.29) is 11.0 Å². The summed E-state index contributed by atoms with van der Waals surface area (Å²) in [6, 6.07) is 6.08. The Balaban J connectivity index is 1.45. The highest BCUT2D eigenvalue weighted by Crippen LogP contribution is 2.32. The number of hydrogen-bond acceptors (Lipinski definition) is 7. The van der Waals surface area contributed by atoms with Gasteiger partial charge in [-0.3, -0.25) is 0 Å². The predicted molar refractivity (Wildman–Crippen MR) is 103 cm³/mol. The first-order valence-corrected chi connectivity index (χ1v) is 11.1. The molecule has 0 amide bonds. The van der Waals surface area contributed by atoms with Gasteiger partial charge in [-0.25, -0.2) is 13.4 Å². The number of nitrogens with zero attached hydrogens (tertiary/aromatic N) is 3. The van der Waals surface area contributed by atoms with Gasteiger partial charge in [-0.05, 0) is 45.2 Å². The molecule has 3 aromatic rings. The van der Waals surface area contributed by atoms with Crippen molar-refractivity contribution in [3.63, 3.8) is 0 Å².